The van der Waals surface area contributed by atoms with Crippen LogP contribution in [0.4, 0.5) is 0 Å². The summed E-state index contributed by atoms with van der Waals surface area (Å²) in [6.45, 7) is 6.30. The van der Waals surface area contributed by atoms with Gasteiger partial charge in [-0.25, -0.2) is 9.50 Å². The van der Waals surface area contributed by atoms with Crippen molar-refractivity contribution in [3.63, 3.8) is 0 Å². The molecule has 0 aliphatic heterocycles. The standard InChI is InChI=1S/C10H13N3/c1-7(2)9-6-11-13-5-4-8(3)12-10(9)13/h4-7H,1-3H3. The first-order valence-electron chi connectivity index (χ1n) is 4.49. The summed E-state index contributed by atoms with van der Waals surface area (Å²) in [6, 6.07) is 1.96. The fourth-order valence-electron chi connectivity index (χ4n) is 1.38. The van der Waals surface area contributed by atoms with Crippen LogP contribution in [0.15, 0.2) is 18.5 Å². The molecule has 0 atom stereocenters. The van der Waals surface area contributed by atoms with E-state index in [1.165, 1.54) is 5.56 Å². The molecule has 0 saturated heterocycles. The molecule has 0 saturated carbocycles. The van der Waals surface area contributed by atoms with Crippen molar-refractivity contribution < 1.29 is 0 Å². The predicted octanol–water partition coefficient (Wildman–Crippen LogP) is 2.16. The topological polar surface area (TPSA) is 30.2 Å². The lowest BCUT2D eigenvalue weighted by atomic mass is 10.1. The van der Waals surface area contributed by atoms with E-state index in [1.807, 2.05) is 29.9 Å². The molecule has 13 heavy (non-hydrogen) atoms. The molecule has 0 fully saturated rings. The molecular formula is C10H13N3. The monoisotopic (exact) mass is 175 g/mol. The summed E-state index contributed by atoms with van der Waals surface area (Å²) in [6.07, 6.45) is 3.84. The van der Waals surface area contributed by atoms with Crippen molar-refractivity contribution in [1.82, 2.24) is 14.6 Å². The minimum atomic E-state index is 0.479. The van der Waals surface area contributed by atoms with E-state index in [9.17, 15) is 0 Å². The van der Waals surface area contributed by atoms with Crippen LogP contribution in [0, 0.1) is 6.92 Å². The first kappa shape index (κ1) is 8.23. The third kappa shape index (κ3) is 1.30. The van der Waals surface area contributed by atoms with Crippen LogP contribution in [0.3, 0.4) is 0 Å². The molecule has 0 bridgehead atoms. The summed E-state index contributed by atoms with van der Waals surface area (Å²) in [7, 11) is 0. The first-order chi connectivity index (χ1) is 6.18. The number of aryl methyl sites for hydroxylation is 1. The second-order valence-electron chi connectivity index (χ2n) is 3.59. The van der Waals surface area contributed by atoms with Crippen LogP contribution in [-0.4, -0.2) is 14.6 Å². The minimum absolute atomic E-state index is 0.479. The van der Waals surface area contributed by atoms with Gasteiger partial charge in [-0.15, -0.1) is 0 Å². The van der Waals surface area contributed by atoms with Crippen LogP contribution in [-0.2, 0) is 0 Å². The number of rotatable bonds is 1. The summed E-state index contributed by atoms with van der Waals surface area (Å²) in [5, 5.41) is 4.24. The van der Waals surface area contributed by atoms with Crippen LogP contribution in [0.1, 0.15) is 31.0 Å². The highest BCUT2D eigenvalue weighted by molar-refractivity contribution is 5.48. The van der Waals surface area contributed by atoms with Crippen molar-refractivity contribution in [3.8, 4) is 0 Å². The number of aromatic nitrogens is 3. The molecule has 0 unspecified atom stereocenters. The summed E-state index contributed by atoms with van der Waals surface area (Å²) in [5.41, 5.74) is 3.23. The summed E-state index contributed by atoms with van der Waals surface area (Å²) in [4.78, 5) is 4.46. The molecule has 0 aromatic carbocycles. The molecule has 0 amide bonds. The average molecular weight is 175 g/mol. The second kappa shape index (κ2) is 2.83. The van der Waals surface area contributed by atoms with Gasteiger partial charge in [-0.05, 0) is 18.9 Å². The first-order valence-corrected chi connectivity index (χ1v) is 4.49. The van der Waals surface area contributed by atoms with Gasteiger partial charge in [-0.3, -0.25) is 0 Å². The Morgan fingerprint density at radius 3 is 2.85 bits per heavy atom. The lowest BCUT2D eigenvalue weighted by Gasteiger charge is -2.01. The second-order valence-corrected chi connectivity index (χ2v) is 3.59. The highest BCUT2D eigenvalue weighted by Crippen LogP contribution is 2.18. The normalized spacial score (nSPS) is 11.4. The van der Waals surface area contributed by atoms with Gasteiger partial charge < -0.3 is 0 Å². The fraction of sp³-hybridized carbons (Fsp3) is 0.400. The van der Waals surface area contributed by atoms with Crippen molar-refractivity contribution in [1.29, 1.82) is 0 Å². The number of hydrogen-bond acceptors (Lipinski definition) is 2. The zero-order chi connectivity index (χ0) is 9.42. The van der Waals surface area contributed by atoms with E-state index in [0.29, 0.717) is 5.92 Å². The molecule has 3 heteroatoms. The van der Waals surface area contributed by atoms with Crippen LogP contribution < -0.4 is 0 Å². The molecule has 0 aliphatic rings. The minimum Gasteiger partial charge on any atom is -0.234 e. The summed E-state index contributed by atoms with van der Waals surface area (Å²) in [5.74, 6) is 0.479. The highest BCUT2D eigenvalue weighted by Gasteiger charge is 2.08. The third-order valence-corrected chi connectivity index (χ3v) is 2.16. The van der Waals surface area contributed by atoms with Crippen molar-refractivity contribution >= 4 is 5.65 Å². The van der Waals surface area contributed by atoms with Gasteiger partial charge in [0, 0.05) is 17.5 Å². The molecule has 3 nitrogen and oxygen atoms in total. The maximum atomic E-state index is 4.46. The van der Waals surface area contributed by atoms with E-state index in [2.05, 4.69) is 23.9 Å². The number of hydrogen-bond donors (Lipinski definition) is 0. The Balaban J connectivity index is 2.71. The van der Waals surface area contributed by atoms with E-state index in [0.717, 1.165) is 11.3 Å². The Hall–Kier alpha value is -1.38. The van der Waals surface area contributed by atoms with E-state index >= 15 is 0 Å². The van der Waals surface area contributed by atoms with Gasteiger partial charge >= 0.3 is 0 Å². The molecule has 68 valence electrons. The smallest absolute Gasteiger partial charge is 0.158 e. The maximum Gasteiger partial charge on any atom is 0.158 e. The zero-order valence-electron chi connectivity index (χ0n) is 8.15. The van der Waals surface area contributed by atoms with Gasteiger partial charge in [0.05, 0.1) is 6.20 Å². The van der Waals surface area contributed by atoms with Gasteiger partial charge in [0.15, 0.2) is 5.65 Å². The molecule has 0 radical (unpaired) electrons. The zero-order valence-corrected chi connectivity index (χ0v) is 8.15. The van der Waals surface area contributed by atoms with E-state index in [-0.39, 0.29) is 0 Å². The van der Waals surface area contributed by atoms with Gasteiger partial charge in [-0.1, -0.05) is 13.8 Å². The van der Waals surface area contributed by atoms with Gasteiger partial charge in [-0.2, -0.15) is 5.10 Å². The number of fused-ring (bicyclic) bond motifs is 1. The molecule has 2 rings (SSSR count). The quantitative estimate of drug-likeness (QED) is 0.664. The maximum absolute atomic E-state index is 4.46. The van der Waals surface area contributed by atoms with Crippen LogP contribution >= 0.6 is 0 Å². The predicted molar refractivity (Wildman–Crippen MR) is 51.8 cm³/mol. The molecule has 2 heterocycles. The highest BCUT2D eigenvalue weighted by atomic mass is 15.2. The molecular weight excluding hydrogens is 162 g/mol. The molecule has 0 aliphatic carbocycles. The molecule has 2 aromatic rings. The van der Waals surface area contributed by atoms with Crippen LogP contribution in [0.2, 0.25) is 0 Å². The lowest BCUT2D eigenvalue weighted by Crippen LogP contribution is -1.93. The fourth-order valence-corrected chi connectivity index (χ4v) is 1.38. The Bertz CT molecular complexity index is 429. The van der Waals surface area contributed by atoms with Crippen molar-refractivity contribution in [3.05, 3.63) is 29.7 Å². The van der Waals surface area contributed by atoms with Crippen LogP contribution in [0.5, 0.6) is 0 Å². The Kier molecular flexibility index (Phi) is 1.79. The van der Waals surface area contributed by atoms with E-state index < -0.39 is 0 Å². The average Bonchev–Trinajstić information content (AvgIpc) is 2.46. The van der Waals surface area contributed by atoms with Crippen molar-refractivity contribution in [2.24, 2.45) is 0 Å². The van der Waals surface area contributed by atoms with Gasteiger partial charge in [0.2, 0.25) is 0 Å². The van der Waals surface area contributed by atoms with Gasteiger partial charge in [0.1, 0.15) is 0 Å². The number of nitrogens with zero attached hydrogens (tertiary/aromatic N) is 3. The Morgan fingerprint density at radius 2 is 2.15 bits per heavy atom. The SMILES string of the molecule is Cc1ccn2ncc(C(C)C)c2n1. The molecule has 0 N–H and O–H groups in total. The van der Waals surface area contributed by atoms with E-state index in [1.54, 1.807) is 0 Å². The van der Waals surface area contributed by atoms with Crippen LogP contribution in [0.25, 0.3) is 5.65 Å². The van der Waals surface area contributed by atoms with Gasteiger partial charge in [0.25, 0.3) is 0 Å². The Morgan fingerprint density at radius 1 is 1.38 bits per heavy atom. The van der Waals surface area contributed by atoms with E-state index in [4.69, 9.17) is 0 Å². The van der Waals surface area contributed by atoms with Crippen molar-refractivity contribution in [2.75, 3.05) is 0 Å². The summed E-state index contributed by atoms with van der Waals surface area (Å²) < 4.78 is 1.82. The third-order valence-electron chi connectivity index (χ3n) is 2.16. The van der Waals surface area contributed by atoms with Crippen molar-refractivity contribution in [2.45, 2.75) is 26.7 Å². The Labute approximate surface area is 77.4 Å². The molecule has 0 spiro atoms. The summed E-state index contributed by atoms with van der Waals surface area (Å²) >= 11 is 0. The lowest BCUT2D eigenvalue weighted by molar-refractivity contribution is 0.870. The largest absolute Gasteiger partial charge is 0.234 e. The molecule has 2 aromatic heterocycles.